The maximum atomic E-state index is 13.3. The molecule has 0 aliphatic heterocycles. The topological polar surface area (TPSA) is 47.6 Å². The number of nitrogens with one attached hydrogen (secondary N) is 1. The van der Waals surface area contributed by atoms with Crippen molar-refractivity contribution in [1.82, 2.24) is 0 Å². The first kappa shape index (κ1) is 13.3. The summed E-state index contributed by atoms with van der Waals surface area (Å²) in [7, 11) is 1.37. The van der Waals surface area contributed by atoms with E-state index >= 15 is 0 Å². The van der Waals surface area contributed by atoms with Gasteiger partial charge in [0.2, 0.25) is 0 Å². The first-order chi connectivity index (χ1) is 7.81. The average Bonchev–Trinajstić information content (AvgIpc) is 2.14. The van der Waals surface area contributed by atoms with Crippen molar-refractivity contribution in [2.45, 2.75) is 26.4 Å². The molecule has 0 aromatic heterocycles. The second-order valence-corrected chi connectivity index (χ2v) is 4.48. The van der Waals surface area contributed by atoms with E-state index in [0.717, 1.165) is 0 Å². The van der Waals surface area contributed by atoms with Crippen LogP contribution in [-0.2, 0) is 4.74 Å². The van der Waals surface area contributed by atoms with Crippen LogP contribution in [0.2, 0.25) is 0 Å². The molecule has 1 amide bonds. The molecular formula is C12H16FNO3. The number of carbonyl (C=O) groups excluding carboxylic acids is 1. The predicted octanol–water partition coefficient (Wildman–Crippen LogP) is 3.18. The maximum absolute atomic E-state index is 13.3. The summed E-state index contributed by atoms with van der Waals surface area (Å²) >= 11 is 0. The van der Waals surface area contributed by atoms with Gasteiger partial charge >= 0.3 is 6.09 Å². The van der Waals surface area contributed by atoms with Gasteiger partial charge in [-0.15, -0.1) is 0 Å². The molecule has 1 aromatic rings. The Kier molecular flexibility index (Phi) is 3.93. The normalized spacial score (nSPS) is 10.9. The van der Waals surface area contributed by atoms with Gasteiger partial charge in [0.05, 0.1) is 7.11 Å². The van der Waals surface area contributed by atoms with Gasteiger partial charge in [-0.25, -0.2) is 9.18 Å². The Morgan fingerprint density at radius 3 is 2.47 bits per heavy atom. The van der Waals surface area contributed by atoms with E-state index < -0.39 is 17.5 Å². The van der Waals surface area contributed by atoms with Gasteiger partial charge in [-0.1, -0.05) is 0 Å². The molecule has 0 radical (unpaired) electrons. The molecule has 17 heavy (non-hydrogen) atoms. The van der Waals surface area contributed by atoms with Crippen molar-refractivity contribution in [1.29, 1.82) is 0 Å². The van der Waals surface area contributed by atoms with Gasteiger partial charge in [0.1, 0.15) is 5.60 Å². The lowest BCUT2D eigenvalue weighted by Crippen LogP contribution is -2.27. The summed E-state index contributed by atoms with van der Waals surface area (Å²) < 4.78 is 23.1. The highest BCUT2D eigenvalue weighted by Gasteiger charge is 2.16. The quantitative estimate of drug-likeness (QED) is 0.865. The number of halogens is 1. The number of amides is 1. The minimum atomic E-state index is -0.623. The van der Waals surface area contributed by atoms with Crippen LogP contribution in [0.25, 0.3) is 0 Å². The second-order valence-electron chi connectivity index (χ2n) is 4.48. The van der Waals surface area contributed by atoms with E-state index in [9.17, 15) is 9.18 Å². The summed E-state index contributed by atoms with van der Waals surface area (Å²) in [6.07, 6.45) is -0.623. The number of ether oxygens (including phenoxy) is 2. The van der Waals surface area contributed by atoms with Crippen LogP contribution in [0.4, 0.5) is 14.9 Å². The van der Waals surface area contributed by atoms with Crippen molar-refractivity contribution in [2.75, 3.05) is 12.4 Å². The number of methoxy groups -OCH3 is 1. The van der Waals surface area contributed by atoms with Crippen molar-refractivity contribution in [3.63, 3.8) is 0 Å². The summed E-state index contributed by atoms with van der Waals surface area (Å²) in [6.45, 7) is 5.25. The van der Waals surface area contributed by atoms with Gasteiger partial charge in [0, 0.05) is 11.8 Å². The van der Waals surface area contributed by atoms with Crippen LogP contribution in [0.5, 0.6) is 5.75 Å². The third-order valence-corrected chi connectivity index (χ3v) is 1.80. The van der Waals surface area contributed by atoms with Crippen LogP contribution in [0.1, 0.15) is 20.8 Å². The van der Waals surface area contributed by atoms with Crippen LogP contribution >= 0.6 is 0 Å². The lowest BCUT2D eigenvalue weighted by molar-refractivity contribution is 0.0636. The largest absolute Gasteiger partial charge is 0.494 e. The molecule has 0 fully saturated rings. The lowest BCUT2D eigenvalue weighted by atomic mass is 10.2. The molecule has 0 heterocycles. The monoisotopic (exact) mass is 241 g/mol. The highest BCUT2D eigenvalue weighted by molar-refractivity contribution is 5.84. The van der Waals surface area contributed by atoms with Crippen LogP contribution in [0, 0.1) is 5.82 Å². The lowest BCUT2D eigenvalue weighted by Gasteiger charge is -2.19. The molecule has 5 heteroatoms. The second kappa shape index (κ2) is 5.03. The van der Waals surface area contributed by atoms with E-state index in [1.807, 2.05) is 0 Å². The highest BCUT2D eigenvalue weighted by Crippen LogP contribution is 2.21. The summed E-state index contributed by atoms with van der Waals surface area (Å²) in [6, 6.07) is 4.14. The zero-order chi connectivity index (χ0) is 13.1. The number of rotatable bonds is 2. The molecule has 0 saturated carbocycles. The fraction of sp³-hybridized carbons (Fsp3) is 0.417. The molecule has 0 unspecified atom stereocenters. The fourth-order valence-electron chi connectivity index (χ4n) is 1.17. The molecule has 0 bridgehead atoms. The van der Waals surface area contributed by atoms with Gasteiger partial charge < -0.3 is 9.47 Å². The molecule has 0 saturated heterocycles. The van der Waals surface area contributed by atoms with Gasteiger partial charge in [-0.3, -0.25) is 5.32 Å². The maximum Gasteiger partial charge on any atom is 0.412 e. The molecule has 0 atom stereocenters. The average molecular weight is 241 g/mol. The summed E-state index contributed by atoms with van der Waals surface area (Å²) in [5, 5.41) is 2.43. The summed E-state index contributed by atoms with van der Waals surface area (Å²) in [4.78, 5) is 11.4. The third kappa shape index (κ3) is 4.30. The van der Waals surface area contributed by atoms with Gasteiger partial charge in [0.15, 0.2) is 11.6 Å². The van der Waals surface area contributed by atoms with E-state index in [1.54, 1.807) is 20.8 Å². The Morgan fingerprint density at radius 1 is 1.35 bits per heavy atom. The summed E-state index contributed by atoms with van der Waals surface area (Å²) in [5.41, 5.74) is -0.271. The number of carbonyl (C=O) groups is 1. The fourth-order valence-corrected chi connectivity index (χ4v) is 1.17. The van der Waals surface area contributed by atoms with Crippen molar-refractivity contribution < 1.29 is 18.7 Å². The van der Waals surface area contributed by atoms with Crippen molar-refractivity contribution in [3.8, 4) is 5.75 Å². The number of hydrogen-bond donors (Lipinski definition) is 1. The van der Waals surface area contributed by atoms with Crippen LogP contribution < -0.4 is 10.1 Å². The van der Waals surface area contributed by atoms with Gasteiger partial charge in [0.25, 0.3) is 0 Å². The molecule has 0 aliphatic rings. The van der Waals surface area contributed by atoms with Gasteiger partial charge in [-0.2, -0.15) is 0 Å². The standard InChI is InChI=1S/C12H16FNO3/c1-12(2,3)17-11(15)14-8-5-6-10(16-4)9(13)7-8/h5-7H,1-4H3,(H,14,15). The van der Waals surface area contributed by atoms with E-state index in [0.29, 0.717) is 5.69 Å². The van der Waals surface area contributed by atoms with Crippen LogP contribution in [-0.4, -0.2) is 18.8 Å². The Hall–Kier alpha value is -1.78. The van der Waals surface area contributed by atoms with E-state index in [2.05, 4.69) is 5.32 Å². The number of hydrogen-bond acceptors (Lipinski definition) is 3. The molecule has 1 aromatic carbocycles. The van der Waals surface area contributed by atoms with Crippen molar-refractivity contribution in [3.05, 3.63) is 24.0 Å². The smallest absolute Gasteiger partial charge is 0.412 e. The Morgan fingerprint density at radius 2 is 2.00 bits per heavy atom. The van der Waals surface area contributed by atoms with Crippen molar-refractivity contribution >= 4 is 11.8 Å². The zero-order valence-corrected chi connectivity index (χ0v) is 10.3. The number of anilines is 1. The minimum Gasteiger partial charge on any atom is -0.494 e. The van der Waals surface area contributed by atoms with E-state index in [1.165, 1.54) is 25.3 Å². The molecule has 0 aliphatic carbocycles. The molecule has 0 spiro atoms. The zero-order valence-electron chi connectivity index (χ0n) is 10.3. The van der Waals surface area contributed by atoms with Crippen molar-refractivity contribution in [2.24, 2.45) is 0 Å². The van der Waals surface area contributed by atoms with Crippen LogP contribution in [0.3, 0.4) is 0 Å². The Balaban J connectivity index is 2.69. The Labute approximate surface area is 99.7 Å². The third-order valence-electron chi connectivity index (χ3n) is 1.80. The van der Waals surface area contributed by atoms with Gasteiger partial charge in [-0.05, 0) is 32.9 Å². The van der Waals surface area contributed by atoms with E-state index in [4.69, 9.17) is 9.47 Å². The Bertz CT molecular complexity index is 413. The first-order valence-corrected chi connectivity index (χ1v) is 5.15. The summed E-state index contributed by atoms with van der Waals surface area (Å²) in [5.74, 6) is -0.416. The molecular weight excluding hydrogens is 225 g/mol. The molecule has 1 rings (SSSR count). The first-order valence-electron chi connectivity index (χ1n) is 5.15. The SMILES string of the molecule is COc1ccc(NC(=O)OC(C)(C)C)cc1F. The molecule has 1 N–H and O–H groups in total. The predicted molar refractivity (Wildman–Crippen MR) is 62.8 cm³/mol. The highest BCUT2D eigenvalue weighted by atomic mass is 19.1. The molecule has 4 nitrogen and oxygen atoms in total. The number of benzene rings is 1. The van der Waals surface area contributed by atoms with Crippen LogP contribution in [0.15, 0.2) is 18.2 Å². The minimum absolute atomic E-state index is 0.125. The molecule has 94 valence electrons. The van der Waals surface area contributed by atoms with E-state index in [-0.39, 0.29) is 5.75 Å².